The number of aryl methyl sites for hydroxylation is 2. The van der Waals surface area contributed by atoms with Gasteiger partial charge in [-0.15, -0.1) is 0 Å². The molecule has 0 saturated carbocycles. The number of piperidine rings is 1. The van der Waals surface area contributed by atoms with Gasteiger partial charge >= 0.3 is 0 Å². The summed E-state index contributed by atoms with van der Waals surface area (Å²) in [4.78, 5) is 13.8. The first-order valence-electron chi connectivity index (χ1n) is 5.93. The Balaban J connectivity index is 2.18. The first-order chi connectivity index (χ1) is 7.58. The molecule has 2 heteroatoms. The second-order valence-corrected chi connectivity index (χ2v) is 4.83. The van der Waals surface area contributed by atoms with Crippen LogP contribution < -0.4 is 4.90 Å². The summed E-state index contributed by atoms with van der Waals surface area (Å²) >= 11 is 0. The van der Waals surface area contributed by atoms with Crippen LogP contribution in [-0.2, 0) is 4.79 Å². The van der Waals surface area contributed by atoms with Gasteiger partial charge < -0.3 is 4.90 Å². The highest BCUT2D eigenvalue weighted by Crippen LogP contribution is 2.23. The topological polar surface area (TPSA) is 20.3 Å². The Morgan fingerprint density at radius 2 is 2.00 bits per heavy atom. The van der Waals surface area contributed by atoms with Gasteiger partial charge in [0, 0.05) is 31.1 Å². The second kappa shape index (κ2) is 4.28. The molecule has 1 fully saturated rings. The van der Waals surface area contributed by atoms with Crippen LogP contribution >= 0.6 is 0 Å². The maximum absolute atomic E-state index is 11.5. The number of carbonyl (C=O) groups excluding carboxylic acids is 1. The van der Waals surface area contributed by atoms with Crippen LogP contribution in [0.2, 0.25) is 0 Å². The van der Waals surface area contributed by atoms with E-state index in [9.17, 15) is 4.79 Å². The van der Waals surface area contributed by atoms with Gasteiger partial charge in [-0.25, -0.2) is 0 Å². The lowest BCUT2D eigenvalue weighted by Crippen LogP contribution is -2.39. The highest BCUT2D eigenvalue weighted by Gasteiger charge is 2.23. The minimum absolute atomic E-state index is 0.176. The van der Waals surface area contributed by atoms with Gasteiger partial charge in [0.2, 0.25) is 0 Å². The van der Waals surface area contributed by atoms with Crippen LogP contribution in [0.1, 0.15) is 24.5 Å². The van der Waals surface area contributed by atoms with Crippen molar-refractivity contribution >= 4 is 11.5 Å². The first kappa shape index (κ1) is 11.2. The minimum atomic E-state index is 0.176. The molecule has 1 atom stereocenters. The molecule has 0 aromatic heterocycles. The average molecular weight is 217 g/mol. The number of carbonyl (C=O) groups is 1. The van der Waals surface area contributed by atoms with E-state index in [1.165, 1.54) is 16.8 Å². The maximum atomic E-state index is 11.5. The van der Waals surface area contributed by atoms with Gasteiger partial charge in [0.15, 0.2) is 0 Å². The van der Waals surface area contributed by atoms with Crippen LogP contribution in [0.3, 0.4) is 0 Å². The summed E-state index contributed by atoms with van der Waals surface area (Å²) in [7, 11) is 0. The Bertz CT molecular complexity index is 411. The van der Waals surface area contributed by atoms with Crippen molar-refractivity contribution < 1.29 is 4.79 Å². The molecular formula is C14H19NO. The van der Waals surface area contributed by atoms with Gasteiger partial charge in [0.05, 0.1) is 0 Å². The SMILES string of the molecule is Cc1ccc(N2CCC(=O)C(C)C2)cc1C. The lowest BCUT2D eigenvalue weighted by molar-refractivity contribution is -0.122. The molecule has 0 radical (unpaired) electrons. The van der Waals surface area contributed by atoms with Crippen molar-refractivity contribution in [2.45, 2.75) is 27.2 Å². The number of rotatable bonds is 1. The number of benzene rings is 1. The van der Waals surface area contributed by atoms with E-state index in [1.54, 1.807) is 0 Å². The molecule has 0 bridgehead atoms. The summed E-state index contributed by atoms with van der Waals surface area (Å²) in [6.07, 6.45) is 0.689. The van der Waals surface area contributed by atoms with E-state index in [4.69, 9.17) is 0 Å². The third-order valence-corrected chi connectivity index (χ3v) is 3.53. The quantitative estimate of drug-likeness (QED) is 0.721. The Kier molecular flexibility index (Phi) is 2.99. The van der Waals surface area contributed by atoms with E-state index in [-0.39, 0.29) is 5.92 Å². The van der Waals surface area contributed by atoms with Crippen molar-refractivity contribution in [3.8, 4) is 0 Å². The van der Waals surface area contributed by atoms with E-state index < -0.39 is 0 Å². The van der Waals surface area contributed by atoms with Crippen LogP contribution in [0.25, 0.3) is 0 Å². The van der Waals surface area contributed by atoms with E-state index in [2.05, 4.69) is 36.9 Å². The standard InChI is InChI=1S/C14H19NO/c1-10-4-5-13(8-11(10)2)15-7-6-14(16)12(3)9-15/h4-5,8,12H,6-7,9H2,1-3H3. The number of hydrogen-bond donors (Lipinski definition) is 0. The molecule has 86 valence electrons. The monoisotopic (exact) mass is 217 g/mol. The number of nitrogens with zero attached hydrogens (tertiary/aromatic N) is 1. The molecule has 1 aliphatic rings. The highest BCUT2D eigenvalue weighted by molar-refractivity contribution is 5.83. The van der Waals surface area contributed by atoms with Crippen molar-refractivity contribution in [2.24, 2.45) is 5.92 Å². The lowest BCUT2D eigenvalue weighted by Gasteiger charge is -2.32. The van der Waals surface area contributed by atoms with Gasteiger partial charge in [-0.2, -0.15) is 0 Å². The third kappa shape index (κ3) is 2.11. The van der Waals surface area contributed by atoms with Crippen molar-refractivity contribution in [3.63, 3.8) is 0 Å². The molecule has 1 aromatic rings. The van der Waals surface area contributed by atoms with E-state index >= 15 is 0 Å². The van der Waals surface area contributed by atoms with Crippen molar-refractivity contribution in [3.05, 3.63) is 29.3 Å². The smallest absolute Gasteiger partial charge is 0.139 e. The van der Waals surface area contributed by atoms with E-state index in [0.29, 0.717) is 12.2 Å². The fourth-order valence-electron chi connectivity index (χ4n) is 2.17. The van der Waals surface area contributed by atoms with Crippen molar-refractivity contribution in [2.75, 3.05) is 18.0 Å². The van der Waals surface area contributed by atoms with Gasteiger partial charge in [-0.3, -0.25) is 4.79 Å². The van der Waals surface area contributed by atoms with Crippen molar-refractivity contribution in [1.29, 1.82) is 0 Å². The van der Waals surface area contributed by atoms with Crippen molar-refractivity contribution in [1.82, 2.24) is 0 Å². The molecule has 1 saturated heterocycles. The second-order valence-electron chi connectivity index (χ2n) is 4.83. The Morgan fingerprint density at radius 1 is 1.25 bits per heavy atom. The van der Waals surface area contributed by atoms with Gasteiger partial charge in [0.1, 0.15) is 5.78 Å². The van der Waals surface area contributed by atoms with E-state index in [0.717, 1.165) is 13.1 Å². The zero-order valence-electron chi connectivity index (χ0n) is 10.3. The van der Waals surface area contributed by atoms with Crippen LogP contribution in [0.15, 0.2) is 18.2 Å². The first-order valence-corrected chi connectivity index (χ1v) is 5.93. The maximum Gasteiger partial charge on any atom is 0.139 e. The fourth-order valence-corrected chi connectivity index (χ4v) is 2.17. The molecule has 1 aromatic carbocycles. The summed E-state index contributed by atoms with van der Waals surface area (Å²) in [5, 5.41) is 0. The summed E-state index contributed by atoms with van der Waals surface area (Å²) in [6.45, 7) is 8.02. The number of ketones is 1. The molecule has 2 rings (SSSR count). The third-order valence-electron chi connectivity index (χ3n) is 3.53. The number of anilines is 1. The largest absolute Gasteiger partial charge is 0.370 e. The average Bonchev–Trinajstić information content (AvgIpc) is 2.26. The highest BCUT2D eigenvalue weighted by atomic mass is 16.1. The zero-order chi connectivity index (χ0) is 11.7. The molecule has 2 nitrogen and oxygen atoms in total. The zero-order valence-corrected chi connectivity index (χ0v) is 10.3. The van der Waals surface area contributed by atoms with Crippen LogP contribution in [0.5, 0.6) is 0 Å². The molecule has 1 unspecified atom stereocenters. The molecular weight excluding hydrogens is 198 g/mol. The minimum Gasteiger partial charge on any atom is -0.370 e. The van der Waals surface area contributed by atoms with Crippen LogP contribution in [-0.4, -0.2) is 18.9 Å². The summed E-state index contributed by atoms with van der Waals surface area (Å²) in [6, 6.07) is 6.54. The Hall–Kier alpha value is -1.31. The molecule has 0 N–H and O–H groups in total. The summed E-state index contributed by atoms with van der Waals surface area (Å²) in [5.41, 5.74) is 3.90. The molecule has 1 aliphatic heterocycles. The van der Waals surface area contributed by atoms with E-state index in [1.807, 2.05) is 6.92 Å². The van der Waals surface area contributed by atoms with Gasteiger partial charge in [-0.1, -0.05) is 13.0 Å². The van der Waals surface area contributed by atoms with Crippen LogP contribution in [0.4, 0.5) is 5.69 Å². The van der Waals surface area contributed by atoms with Crippen LogP contribution in [0, 0.1) is 19.8 Å². The number of hydrogen-bond acceptors (Lipinski definition) is 2. The molecule has 0 spiro atoms. The predicted molar refractivity (Wildman–Crippen MR) is 66.9 cm³/mol. The Morgan fingerprint density at radius 3 is 2.62 bits per heavy atom. The summed E-state index contributed by atoms with van der Waals surface area (Å²) < 4.78 is 0. The summed E-state index contributed by atoms with van der Waals surface area (Å²) in [5.74, 6) is 0.579. The normalized spacial score (nSPS) is 21.3. The lowest BCUT2D eigenvalue weighted by atomic mass is 9.97. The predicted octanol–water partition coefficient (Wildman–Crippen LogP) is 2.72. The molecule has 1 heterocycles. The molecule has 16 heavy (non-hydrogen) atoms. The molecule has 0 amide bonds. The Labute approximate surface area is 97.3 Å². The van der Waals surface area contributed by atoms with Gasteiger partial charge in [0.25, 0.3) is 0 Å². The van der Waals surface area contributed by atoms with Gasteiger partial charge in [-0.05, 0) is 37.1 Å². The number of Topliss-reactive ketones (excluding diaryl/α,β-unsaturated/α-hetero) is 1. The fraction of sp³-hybridized carbons (Fsp3) is 0.500. The molecule has 0 aliphatic carbocycles.